The summed E-state index contributed by atoms with van der Waals surface area (Å²) >= 11 is 0. The van der Waals surface area contributed by atoms with Gasteiger partial charge < -0.3 is 24.7 Å². The zero-order chi connectivity index (χ0) is 25.6. The second-order valence-electron chi connectivity index (χ2n) is 8.96. The second-order valence-corrected chi connectivity index (χ2v) is 8.96. The summed E-state index contributed by atoms with van der Waals surface area (Å²) in [6.45, 7) is 0.516. The Morgan fingerprint density at radius 2 is 1.73 bits per heavy atom. The number of rotatable bonds is 10. The number of para-hydroxylation sites is 1. The molecule has 1 amide bonds. The number of carboxylic acid groups (broad SMARTS) is 1. The van der Waals surface area contributed by atoms with E-state index in [4.69, 9.17) is 4.74 Å². The van der Waals surface area contributed by atoms with E-state index in [1.165, 1.54) is 5.56 Å². The normalized spacial score (nSPS) is 11.9. The maximum Gasteiger partial charge on any atom is 0.405 e. The number of benzene rings is 3. The van der Waals surface area contributed by atoms with Crippen LogP contribution in [-0.4, -0.2) is 38.1 Å². The number of amides is 1. The molecule has 0 saturated heterocycles. The first-order valence-electron chi connectivity index (χ1n) is 12.2. The number of fused-ring (bicyclic) bond motifs is 1. The van der Waals surface area contributed by atoms with Crippen molar-refractivity contribution in [1.82, 2.24) is 25.1 Å². The molecule has 188 valence electrons. The van der Waals surface area contributed by atoms with Gasteiger partial charge in [-0.1, -0.05) is 60.7 Å². The summed E-state index contributed by atoms with van der Waals surface area (Å²) in [5, 5.41) is 22.5. The predicted molar refractivity (Wildman–Crippen MR) is 142 cm³/mol. The fourth-order valence-electron chi connectivity index (χ4n) is 4.65. The number of aromatic nitrogens is 4. The number of aromatic amines is 1. The molecule has 2 aromatic heterocycles. The van der Waals surface area contributed by atoms with Gasteiger partial charge in [0.15, 0.2) is 5.82 Å². The monoisotopic (exact) mass is 495 g/mol. The largest absolute Gasteiger partial charge is 0.497 e. The molecule has 37 heavy (non-hydrogen) atoms. The van der Waals surface area contributed by atoms with E-state index in [0.29, 0.717) is 25.2 Å². The van der Waals surface area contributed by atoms with Gasteiger partial charge in [-0.25, -0.2) is 4.79 Å². The lowest BCUT2D eigenvalue weighted by molar-refractivity contribution is 0.189. The van der Waals surface area contributed by atoms with Crippen LogP contribution in [0.25, 0.3) is 10.9 Å². The van der Waals surface area contributed by atoms with Gasteiger partial charge in [-0.3, -0.25) is 0 Å². The number of carbonyl (C=O) groups is 1. The van der Waals surface area contributed by atoms with Crippen molar-refractivity contribution < 1.29 is 14.6 Å². The third-order valence-corrected chi connectivity index (χ3v) is 6.54. The summed E-state index contributed by atoms with van der Waals surface area (Å²) in [4.78, 5) is 15.1. The molecule has 0 fully saturated rings. The number of aryl methyl sites for hydroxylation is 2. The van der Waals surface area contributed by atoms with Crippen molar-refractivity contribution in [3.8, 4) is 5.75 Å². The fourth-order valence-corrected chi connectivity index (χ4v) is 4.65. The lowest BCUT2D eigenvalue weighted by Crippen LogP contribution is -2.31. The van der Waals surface area contributed by atoms with Crippen LogP contribution in [0.15, 0.2) is 85.1 Å². The minimum atomic E-state index is -1.10. The first-order chi connectivity index (χ1) is 18.1. The van der Waals surface area contributed by atoms with Gasteiger partial charge in [0.2, 0.25) is 0 Å². The van der Waals surface area contributed by atoms with Crippen LogP contribution in [0.1, 0.15) is 34.4 Å². The highest BCUT2D eigenvalue weighted by Gasteiger charge is 2.25. The highest BCUT2D eigenvalue weighted by molar-refractivity contribution is 5.83. The number of methoxy groups -OCH3 is 1. The van der Waals surface area contributed by atoms with E-state index >= 15 is 0 Å². The van der Waals surface area contributed by atoms with Crippen LogP contribution in [0.2, 0.25) is 0 Å². The zero-order valence-corrected chi connectivity index (χ0v) is 20.6. The van der Waals surface area contributed by atoms with E-state index in [1.54, 1.807) is 7.11 Å². The second kappa shape index (κ2) is 11.0. The summed E-state index contributed by atoms with van der Waals surface area (Å²) in [5.41, 5.74) is 4.28. The lowest BCUT2D eigenvalue weighted by Gasteiger charge is -2.19. The Hall–Kier alpha value is -4.59. The van der Waals surface area contributed by atoms with Crippen molar-refractivity contribution in [2.24, 2.45) is 0 Å². The molecule has 5 rings (SSSR count). The van der Waals surface area contributed by atoms with E-state index < -0.39 is 12.1 Å². The Bertz CT molecular complexity index is 1470. The van der Waals surface area contributed by atoms with Gasteiger partial charge >= 0.3 is 6.09 Å². The minimum absolute atomic E-state index is 0.440. The Morgan fingerprint density at radius 3 is 2.49 bits per heavy atom. The average Bonchev–Trinajstić information content (AvgIpc) is 3.52. The Morgan fingerprint density at radius 1 is 0.973 bits per heavy atom. The number of ether oxygens (including phenoxy) is 1. The van der Waals surface area contributed by atoms with Gasteiger partial charge in [0.05, 0.1) is 19.7 Å². The van der Waals surface area contributed by atoms with Crippen LogP contribution in [0.5, 0.6) is 5.75 Å². The molecule has 0 bridgehead atoms. The maximum atomic E-state index is 11.8. The highest BCUT2D eigenvalue weighted by Crippen LogP contribution is 2.25. The molecule has 0 saturated carbocycles. The molecule has 5 aromatic rings. The van der Waals surface area contributed by atoms with Crippen molar-refractivity contribution in [2.45, 2.75) is 31.8 Å². The first-order valence-corrected chi connectivity index (χ1v) is 12.2. The minimum Gasteiger partial charge on any atom is -0.497 e. The van der Waals surface area contributed by atoms with Crippen molar-refractivity contribution in [2.75, 3.05) is 7.11 Å². The number of nitrogens with zero attached hydrogens (tertiary/aromatic N) is 3. The van der Waals surface area contributed by atoms with Crippen LogP contribution >= 0.6 is 0 Å². The number of nitrogens with one attached hydrogen (secondary N) is 2. The number of hydrogen-bond donors (Lipinski definition) is 3. The molecule has 0 aliphatic carbocycles. The molecule has 0 aliphatic rings. The third kappa shape index (κ3) is 5.64. The lowest BCUT2D eigenvalue weighted by atomic mass is 10.0. The van der Waals surface area contributed by atoms with Crippen LogP contribution in [0.3, 0.4) is 0 Å². The summed E-state index contributed by atoms with van der Waals surface area (Å²) in [6, 6.07) is 25.5. The highest BCUT2D eigenvalue weighted by atomic mass is 16.5. The molecule has 3 N–H and O–H groups in total. The van der Waals surface area contributed by atoms with Gasteiger partial charge in [-0.15, -0.1) is 10.2 Å². The fraction of sp³-hybridized carbons (Fsp3) is 0.207. The van der Waals surface area contributed by atoms with Gasteiger partial charge in [-0.05, 0) is 41.3 Å². The standard InChI is InChI=1S/C29H29N5O3/c1-37-23-14-11-21(12-15-23)19-34-27(16-13-20-7-3-2-4-8-20)32-33-28(34)26(31-29(35)36)17-22-18-30-25-10-6-5-9-24(22)25/h2-12,14-15,18,26,30-31H,13,16-17,19H2,1H3,(H,35,36). The van der Waals surface area contributed by atoms with Crippen LogP contribution < -0.4 is 10.1 Å². The molecule has 1 atom stereocenters. The molecular formula is C29H29N5O3. The smallest absolute Gasteiger partial charge is 0.405 e. The first kappa shape index (κ1) is 24.1. The molecule has 1 unspecified atom stereocenters. The summed E-state index contributed by atoms with van der Waals surface area (Å²) in [7, 11) is 1.64. The van der Waals surface area contributed by atoms with Crippen molar-refractivity contribution >= 4 is 17.0 Å². The summed E-state index contributed by atoms with van der Waals surface area (Å²) < 4.78 is 7.35. The third-order valence-electron chi connectivity index (χ3n) is 6.54. The Balaban J connectivity index is 1.50. The number of hydrogen-bond acceptors (Lipinski definition) is 4. The average molecular weight is 496 g/mol. The molecule has 3 aromatic carbocycles. The molecule has 0 spiro atoms. The van der Waals surface area contributed by atoms with E-state index in [0.717, 1.165) is 40.0 Å². The molecule has 0 radical (unpaired) electrons. The topological polar surface area (TPSA) is 105 Å². The molecule has 8 heteroatoms. The van der Waals surface area contributed by atoms with Gasteiger partial charge in [0, 0.05) is 29.9 Å². The van der Waals surface area contributed by atoms with Crippen LogP contribution in [0, 0.1) is 0 Å². The maximum absolute atomic E-state index is 11.8. The molecule has 8 nitrogen and oxygen atoms in total. The molecule has 2 heterocycles. The molecular weight excluding hydrogens is 466 g/mol. The van der Waals surface area contributed by atoms with E-state index in [2.05, 4.69) is 32.6 Å². The van der Waals surface area contributed by atoms with E-state index in [-0.39, 0.29) is 0 Å². The van der Waals surface area contributed by atoms with Crippen molar-refractivity contribution in [3.05, 3.63) is 113 Å². The van der Waals surface area contributed by atoms with Gasteiger partial charge in [0.1, 0.15) is 11.6 Å². The van der Waals surface area contributed by atoms with Crippen LogP contribution in [0.4, 0.5) is 4.79 Å². The SMILES string of the molecule is COc1ccc(Cn2c(CCc3ccccc3)nnc2C(Cc2c[nH]c3ccccc23)NC(=O)O)cc1. The van der Waals surface area contributed by atoms with Crippen LogP contribution in [-0.2, 0) is 25.8 Å². The predicted octanol–water partition coefficient (Wildman–Crippen LogP) is 5.15. The Labute approximate surface area is 214 Å². The van der Waals surface area contributed by atoms with E-state index in [1.807, 2.05) is 77.5 Å². The summed E-state index contributed by atoms with van der Waals surface area (Å²) in [6.07, 6.45) is 2.76. The molecule has 0 aliphatic heterocycles. The van der Waals surface area contributed by atoms with E-state index in [9.17, 15) is 9.90 Å². The zero-order valence-electron chi connectivity index (χ0n) is 20.6. The quantitative estimate of drug-likeness (QED) is 0.248. The number of H-pyrrole nitrogens is 1. The van der Waals surface area contributed by atoms with Gasteiger partial charge in [0.25, 0.3) is 0 Å². The Kier molecular flexibility index (Phi) is 7.16. The van der Waals surface area contributed by atoms with Crippen molar-refractivity contribution in [3.63, 3.8) is 0 Å². The summed E-state index contributed by atoms with van der Waals surface area (Å²) in [5.74, 6) is 2.18. The van der Waals surface area contributed by atoms with Crippen molar-refractivity contribution in [1.29, 1.82) is 0 Å². The van der Waals surface area contributed by atoms with Gasteiger partial charge in [-0.2, -0.15) is 0 Å².